The molecule has 0 aromatic heterocycles. The van der Waals surface area contributed by atoms with Crippen LogP contribution in [0, 0.1) is 6.92 Å². The Morgan fingerprint density at radius 2 is 1.83 bits per heavy atom. The Hall–Kier alpha value is -0.690. The van der Waals surface area contributed by atoms with Crippen LogP contribution in [0.15, 0.2) is 24.3 Å². The van der Waals surface area contributed by atoms with Crippen molar-refractivity contribution < 1.29 is 4.74 Å². The average Bonchev–Trinajstić information content (AvgIpc) is 2.37. The lowest BCUT2D eigenvalue weighted by Gasteiger charge is -1.94. The van der Waals surface area contributed by atoms with Gasteiger partial charge in [-0.3, -0.25) is 0 Å². The lowest BCUT2D eigenvalue weighted by molar-refractivity contribution is 0.411. The summed E-state index contributed by atoms with van der Waals surface area (Å²) in [6.45, 7) is 6.90. The molecule has 1 rings (SSSR count). The number of ether oxygens (including phenoxy) is 1. The van der Waals surface area contributed by atoms with Crippen LogP contribution in [0.1, 0.15) is 38.8 Å². The predicted octanol–water partition coefficient (Wildman–Crippen LogP) is 4.23. The van der Waals surface area contributed by atoms with Crippen LogP contribution < -0.4 is 5.73 Å². The summed E-state index contributed by atoms with van der Waals surface area (Å²) in [6, 6.07) is 8.25. The molecule has 0 spiro atoms. The molecule has 3 heteroatoms. The Morgan fingerprint density at radius 3 is 2.22 bits per heavy atom. The van der Waals surface area contributed by atoms with Gasteiger partial charge in [-0.25, -0.2) is 0 Å². The van der Waals surface area contributed by atoms with Gasteiger partial charge in [0.25, 0.3) is 0 Å². The molecule has 0 atom stereocenters. The molecule has 0 radical (unpaired) electrons. The molecule has 0 aliphatic carbocycles. The van der Waals surface area contributed by atoms with Crippen LogP contribution in [-0.2, 0) is 11.3 Å². The molecule has 104 valence electrons. The summed E-state index contributed by atoms with van der Waals surface area (Å²) >= 11 is 0. The zero-order valence-corrected chi connectivity index (χ0v) is 12.3. The van der Waals surface area contributed by atoms with E-state index in [4.69, 9.17) is 10.5 Å². The second-order valence-corrected chi connectivity index (χ2v) is 5.19. The molecular weight excluding hydrogens is 241 g/mol. The van der Waals surface area contributed by atoms with E-state index in [1.165, 1.54) is 31.9 Å². The third-order valence-electron chi connectivity index (χ3n) is 2.21. The standard InChI is InChI=1S/C8H11N.C6H13OP.CH4/c1-7-2-4-8(6-9)5-3-7;1-4-5-8-6(2)7-3;/h2-5H,6,9H2,1H3;4-5H2,1-3H3;1H4. The summed E-state index contributed by atoms with van der Waals surface area (Å²) in [6.07, 6.45) is 2.46. The van der Waals surface area contributed by atoms with Crippen molar-refractivity contribution in [1.29, 1.82) is 0 Å². The monoisotopic (exact) mass is 269 g/mol. The van der Waals surface area contributed by atoms with Crippen LogP contribution in [0.3, 0.4) is 0 Å². The molecule has 0 aliphatic rings. The largest absolute Gasteiger partial charge is 0.350 e. The molecule has 1 aromatic rings. The van der Waals surface area contributed by atoms with Crippen molar-refractivity contribution in [2.24, 2.45) is 5.73 Å². The maximum atomic E-state index is 5.40. The number of methoxy groups -OCH3 is 1. The highest BCUT2D eigenvalue weighted by Gasteiger charge is 1.85. The van der Waals surface area contributed by atoms with Crippen molar-refractivity contribution in [3.8, 4) is 0 Å². The second kappa shape index (κ2) is 12.8. The van der Waals surface area contributed by atoms with Crippen molar-refractivity contribution in [3.63, 3.8) is 0 Å². The highest BCUT2D eigenvalue weighted by Crippen LogP contribution is 2.01. The molecule has 2 nitrogen and oxygen atoms in total. The highest BCUT2D eigenvalue weighted by atomic mass is 31.1. The summed E-state index contributed by atoms with van der Waals surface area (Å²) in [7, 11) is 3.06. The van der Waals surface area contributed by atoms with E-state index in [1.807, 2.05) is 6.92 Å². The van der Waals surface area contributed by atoms with Crippen LogP contribution in [-0.4, -0.2) is 18.8 Å². The molecule has 18 heavy (non-hydrogen) atoms. The molecule has 0 unspecified atom stereocenters. The molecule has 0 heterocycles. The number of rotatable bonds is 4. The molecule has 0 fully saturated rings. The van der Waals surface area contributed by atoms with Gasteiger partial charge in [0.05, 0.1) is 5.48 Å². The van der Waals surface area contributed by atoms with Gasteiger partial charge in [-0.2, -0.15) is 0 Å². The Kier molecular flexibility index (Phi) is 13.9. The van der Waals surface area contributed by atoms with E-state index in [9.17, 15) is 0 Å². The number of aryl methyl sites for hydroxylation is 1. The lowest BCUT2D eigenvalue weighted by atomic mass is 10.2. The van der Waals surface area contributed by atoms with E-state index in [1.54, 1.807) is 7.11 Å². The Labute approximate surface area is 114 Å². The highest BCUT2D eigenvalue weighted by molar-refractivity contribution is 7.39. The van der Waals surface area contributed by atoms with Gasteiger partial charge < -0.3 is 10.5 Å². The molecule has 1 aromatic carbocycles. The number of hydrogen-bond acceptors (Lipinski definition) is 2. The smallest absolute Gasteiger partial charge is 0.0711 e. The fraction of sp³-hybridized carbons (Fsp3) is 0.533. The molecule has 0 aliphatic heterocycles. The van der Waals surface area contributed by atoms with E-state index in [0.29, 0.717) is 6.54 Å². The zero-order chi connectivity index (χ0) is 13.1. The van der Waals surface area contributed by atoms with E-state index in [0.717, 1.165) is 5.48 Å². The fourth-order valence-corrected chi connectivity index (χ4v) is 1.73. The van der Waals surface area contributed by atoms with Crippen LogP contribution in [0.5, 0.6) is 0 Å². The number of nitrogens with two attached hydrogens (primary N) is 1. The van der Waals surface area contributed by atoms with Gasteiger partial charge in [0.2, 0.25) is 0 Å². The van der Waals surface area contributed by atoms with Crippen molar-refractivity contribution in [1.82, 2.24) is 0 Å². The van der Waals surface area contributed by atoms with Gasteiger partial charge in [0.15, 0.2) is 0 Å². The van der Waals surface area contributed by atoms with Crippen LogP contribution in [0.4, 0.5) is 0 Å². The van der Waals surface area contributed by atoms with E-state index in [-0.39, 0.29) is 7.43 Å². The maximum Gasteiger partial charge on any atom is 0.0711 e. The quantitative estimate of drug-likeness (QED) is 0.830. The third kappa shape index (κ3) is 10.5. The summed E-state index contributed by atoms with van der Waals surface area (Å²) in [5, 5.41) is 0. The Bertz CT molecular complexity index is 320. The summed E-state index contributed by atoms with van der Waals surface area (Å²) in [5.74, 6) is 0. The zero-order valence-electron chi connectivity index (χ0n) is 11.4. The summed E-state index contributed by atoms with van der Waals surface area (Å²) < 4.78 is 4.96. The van der Waals surface area contributed by atoms with E-state index in [2.05, 4.69) is 38.1 Å². The fourth-order valence-electron chi connectivity index (χ4n) is 1.06. The van der Waals surface area contributed by atoms with Gasteiger partial charge in [-0.1, -0.05) is 52.4 Å². The number of benzene rings is 1. The average molecular weight is 269 g/mol. The minimum absolute atomic E-state index is 0. The topological polar surface area (TPSA) is 35.2 Å². The van der Waals surface area contributed by atoms with Crippen LogP contribution in [0.25, 0.3) is 0 Å². The number of hydrogen-bond donors (Lipinski definition) is 1. The van der Waals surface area contributed by atoms with Gasteiger partial charge in [-0.05, 0) is 32.0 Å². The summed E-state index contributed by atoms with van der Waals surface area (Å²) in [4.78, 5) is 0. The first-order valence-corrected chi connectivity index (χ1v) is 7.02. The molecular formula is C15H28NOP. The van der Waals surface area contributed by atoms with Crippen LogP contribution in [0.2, 0.25) is 0 Å². The summed E-state index contributed by atoms with van der Waals surface area (Å²) in [5.41, 5.74) is 9.00. The second-order valence-electron chi connectivity index (χ2n) is 3.79. The first kappa shape index (κ1) is 19.6. The Morgan fingerprint density at radius 1 is 1.28 bits per heavy atom. The lowest BCUT2D eigenvalue weighted by Crippen LogP contribution is -1.94. The SMILES string of the molecule is C.CCCP=C(C)OC.Cc1ccc(CN)cc1. The normalized spacial score (nSPS) is 10.2. The first-order chi connectivity index (χ1) is 8.13. The van der Waals surface area contributed by atoms with E-state index >= 15 is 0 Å². The molecule has 0 saturated carbocycles. The van der Waals surface area contributed by atoms with Crippen molar-refractivity contribution in [2.75, 3.05) is 13.3 Å². The van der Waals surface area contributed by atoms with Gasteiger partial charge in [0.1, 0.15) is 0 Å². The van der Waals surface area contributed by atoms with Gasteiger partial charge >= 0.3 is 0 Å². The van der Waals surface area contributed by atoms with Gasteiger partial charge in [-0.15, -0.1) is 0 Å². The van der Waals surface area contributed by atoms with Crippen molar-refractivity contribution in [2.45, 2.75) is 41.2 Å². The Balaban J connectivity index is 0. The van der Waals surface area contributed by atoms with Gasteiger partial charge in [0, 0.05) is 13.7 Å². The first-order valence-electron chi connectivity index (χ1n) is 5.94. The predicted molar refractivity (Wildman–Crippen MR) is 85.6 cm³/mol. The van der Waals surface area contributed by atoms with Crippen molar-refractivity contribution >= 4 is 13.7 Å². The van der Waals surface area contributed by atoms with E-state index < -0.39 is 0 Å². The maximum absolute atomic E-state index is 5.40. The molecule has 0 saturated heterocycles. The minimum Gasteiger partial charge on any atom is -0.350 e. The van der Waals surface area contributed by atoms with Crippen LogP contribution >= 0.6 is 8.20 Å². The molecule has 0 bridgehead atoms. The van der Waals surface area contributed by atoms with Crippen molar-refractivity contribution in [3.05, 3.63) is 35.4 Å². The molecule has 0 amide bonds. The minimum atomic E-state index is 0. The third-order valence-corrected chi connectivity index (χ3v) is 3.51. The molecule has 2 N–H and O–H groups in total.